The minimum atomic E-state index is -4.68. The Balaban J connectivity index is 1.56. The van der Waals surface area contributed by atoms with Crippen molar-refractivity contribution in [3.8, 4) is 5.69 Å². The van der Waals surface area contributed by atoms with Crippen LogP contribution in [-0.4, -0.2) is 15.7 Å². The minimum Gasteiger partial charge on any atom is -0.350 e. The van der Waals surface area contributed by atoms with Gasteiger partial charge in [0.15, 0.2) is 5.69 Å². The molecular formula is C23H20ClF4N3O. The van der Waals surface area contributed by atoms with Crippen molar-refractivity contribution in [1.82, 2.24) is 15.1 Å². The lowest BCUT2D eigenvalue weighted by molar-refractivity contribution is -0.141. The molecule has 1 N–H and O–H groups in total. The van der Waals surface area contributed by atoms with Crippen molar-refractivity contribution in [2.24, 2.45) is 0 Å². The minimum absolute atomic E-state index is 0.0921. The molecule has 0 saturated carbocycles. The van der Waals surface area contributed by atoms with Crippen LogP contribution in [0.25, 0.3) is 5.69 Å². The first kappa shape index (κ1) is 22.3. The van der Waals surface area contributed by atoms with Crippen molar-refractivity contribution in [2.75, 3.05) is 0 Å². The SMILES string of the molecule is CC(C(=O)NCc1cc(C(F)(F)F)nn1-c1ccc(F)c(Cl)c1)c1ccc2c(c1)CCC2. The fourth-order valence-electron chi connectivity index (χ4n) is 3.87. The number of carbonyl (C=O) groups is 1. The van der Waals surface area contributed by atoms with Gasteiger partial charge < -0.3 is 5.32 Å². The van der Waals surface area contributed by atoms with Crippen LogP contribution in [0.4, 0.5) is 17.6 Å². The number of benzene rings is 2. The van der Waals surface area contributed by atoms with Crippen LogP contribution >= 0.6 is 11.6 Å². The van der Waals surface area contributed by atoms with E-state index in [1.54, 1.807) is 6.92 Å². The number of alkyl halides is 3. The summed E-state index contributed by atoms with van der Waals surface area (Å²) in [5, 5.41) is 6.05. The van der Waals surface area contributed by atoms with E-state index in [2.05, 4.69) is 10.4 Å². The maximum Gasteiger partial charge on any atom is 0.435 e. The zero-order valence-corrected chi connectivity index (χ0v) is 17.9. The van der Waals surface area contributed by atoms with E-state index < -0.39 is 23.6 Å². The second-order valence-electron chi connectivity index (χ2n) is 7.85. The average molecular weight is 466 g/mol. The van der Waals surface area contributed by atoms with Gasteiger partial charge in [-0.3, -0.25) is 4.79 Å². The molecule has 0 spiro atoms. The number of nitrogens with one attached hydrogen (secondary N) is 1. The monoisotopic (exact) mass is 465 g/mol. The fraction of sp³-hybridized carbons (Fsp3) is 0.304. The first-order valence-corrected chi connectivity index (χ1v) is 10.5. The molecule has 32 heavy (non-hydrogen) atoms. The molecule has 0 radical (unpaired) electrons. The molecule has 4 rings (SSSR count). The van der Waals surface area contributed by atoms with Crippen molar-refractivity contribution in [1.29, 1.82) is 0 Å². The second kappa shape index (κ2) is 8.58. The Hall–Kier alpha value is -2.87. The second-order valence-corrected chi connectivity index (χ2v) is 8.26. The highest BCUT2D eigenvalue weighted by Crippen LogP contribution is 2.31. The third-order valence-electron chi connectivity index (χ3n) is 5.68. The Labute approximate surface area is 187 Å². The van der Waals surface area contributed by atoms with Gasteiger partial charge in [-0.05, 0) is 67.1 Å². The number of aromatic nitrogens is 2. The number of aryl methyl sites for hydroxylation is 2. The quantitative estimate of drug-likeness (QED) is 0.499. The van der Waals surface area contributed by atoms with Gasteiger partial charge in [0.2, 0.25) is 5.91 Å². The van der Waals surface area contributed by atoms with E-state index in [0.29, 0.717) is 0 Å². The predicted molar refractivity (Wildman–Crippen MR) is 112 cm³/mol. The van der Waals surface area contributed by atoms with Crippen LogP contribution < -0.4 is 5.32 Å². The molecule has 1 heterocycles. The fourth-order valence-corrected chi connectivity index (χ4v) is 4.04. The van der Waals surface area contributed by atoms with Gasteiger partial charge in [-0.15, -0.1) is 0 Å². The van der Waals surface area contributed by atoms with Gasteiger partial charge in [0.25, 0.3) is 0 Å². The van der Waals surface area contributed by atoms with Crippen molar-refractivity contribution < 1.29 is 22.4 Å². The summed E-state index contributed by atoms with van der Waals surface area (Å²) in [5.41, 5.74) is 2.52. The van der Waals surface area contributed by atoms with E-state index in [0.717, 1.165) is 41.6 Å². The topological polar surface area (TPSA) is 46.9 Å². The van der Waals surface area contributed by atoms with Gasteiger partial charge in [-0.25, -0.2) is 9.07 Å². The largest absolute Gasteiger partial charge is 0.435 e. The number of fused-ring (bicyclic) bond motifs is 1. The van der Waals surface area contributed by atoms with Gasteiger partial charge in [0.1, 0.15) is 5.82 Å². The number of halogens is 5. The number of carbonyl (C=O) groups excluding carboxylic acids is 1. The van der Waals surface area contributed by atoms with E-state index in [-0.39, 0.29) is 28.9 Å². The lowest BCUT2D eigenvalue weighted by atomic mass is 9.96. The normalized spacial score (nSPS) is 14.3. The van der Waals surface area contributed by atoms with E-state index in [1.165, 1.54) is 23.3 Å². The van der Waals surface area contributed by atoms with Crippen LogP contribution in [0.5, 0.6) is 0 Å². The lowest BCUT2D eigenvalue weighted by Crippen LogP contribution is -2.28. The molecule has 0 aliphatic heterocycles. The van der Waals surface area contributed by atoms with Crippen LogP contribution in [0.1, 0.15) is 47.3 Å². The molecule has 0 bridgehead atoms. The van der Waals surface area contributed by atoms with E-state index in [4.69, 9.17) is 11.6 Å². The van der Waals surface area contributed by atoms with Crippen molar-refractivity contribution in [2.45, 2.75) is 44.8 Å². The highest BCUT2D eigenvalue weighted by atomic mass is 35.5. The molecule has 1 amide bonds. The predicted octanol–water partition coefficient (Wildman–Crippen LogP) is 5.59. The number of amides is 1. The van der Waals surface area contributed by atoms with Gasteiger partial charge in [0, 0.05) is 0 Å². The first-order valence-electron chi connectivity index (χ1n) is 10.1. The van der Waals surface area contributed by atoms with Crippen LogP contribution in [0, 0.1) is 5.82 Å². The Kier molecular flexibility index (Phi) is 5.99. The summed E-state index contributed by atoms with van der Waals surface area (Å²) in [7, 11) is 0. The Bertz CT molecular complexity index is 1170. The summed E-state index contributed by atoms with van der Waals surface area (Å²) >= 11 is 5.78. The smallest absolute Gasteiger partial charge is 0.350 e. The number of rotatable bonds is 5. The maximum atomic E-state index is 13.5. The maximum absolute atomic E-state index is 13.5. The van der Waals surface area contributed by atoms with E-state index >= 15 is 0 Å². The van der Waals surface area contributed by atoms with Crippen LogP contribution in [0.15, 0.2) is 42.5 Å². The summed E-state index contributed by atoms with van der Waals surface area (Å²) < 4.78 is 54.3. The molecule has 2 aromatic carbocycles. The molecule has 9 heteroatoms. The van der Waals surface area contributed by atoms with Crippen molar-refractivity contribution in [3.63, 3.8) is 0 Å². The highest BCUT2D eigenvalue weighted by Gasteiger charge is 2.35. The van der Waals surface area contributed by atoms with E-state index in [9.17, 15) is 22.4 Å². The summed E-state index contributed by atoms with van der Waals surface area (Å²) in [4.78, 5) is 12.7. The number of hydrogen-bond donors (Lipinski definition) is 1. The van der Waals surface area contributed by atoms with Gasteiger partial charge >= 0.3 is 6.18 Å². The van der Waals surface area contributed by atoms with Gasteiger partial charge in [-0.1, -0.05) is 29.8 Å². The lowest BCUT2D eigenvalue weighted by Gasteiger charge is -2.15. The van der Waals surface area contributed by atoms with Crippen molar-refractivity contribution in [3.05, 3.63) is 81.4 Å². The molecular weight excluding hydrogens is 446 g/mol. The first-order chi connectivity index (χ1) is 15.1. The van der Waals surface area contributed by atoms with Crippen LogP contribution in [0.3, 0.4) is 0 Å². The number of hydrogen-bond acceptors (Lipinski definition) is 2. The third kappa shape index (κ3) is 4.50. The molecule has 0 saturated heterocycles. The molecule has 1 aliphatic carbocycles. The number of nitrogens with zero attached hydrogens (tertiary/aromatic N) is 2. The van der Waals surface area contributed by atoms with Crippen LogP contribution in [-0.2, 0) is 30.4 Å². The summed E-state index contributed by atoms with van der Waals surface area (Å²) in [6.45, 7) is 1.57. The highest BCUT2D eigenvalue weighted by molar-refractivity contribution is 6.30. The molecule has 4 nitrogen and oxygen atoms in total. The van der Waals surface area contributed by atoms with Crippen molar-refractivity contribution >= 4 is 17.5 Å². The van der Waals surface area contributed by atoms with E-state index in [1.807, 2.05) is 18.2 Å². The molecule has 3 aromatic rings. The molecule has 1 aromatic heterocycles. The standard InChI is InChI=1S/C23H20ClF4N3O/c1-13(15-6-5-14-3-2-4-16(14)9-15)22(32)29-12-18-11-21(23(26,27)28)30-31(18)17-7-8-20(25)19(24)10-17/h5-11,13H,2-4,12H2,1H3,(H,29,32). The summed E-state index contributed by atoms with van der Waals surface area (Å²) in [6.07, 6.45) is -1.56. The molecule has 1 aliphatic rings. The Morgan fingerprint density at radius 3 is 2.62 bits per heavy atom. The molecule has 1 atom stereocenters. The summed E-state index contributed by atoms with van der Waals surface area (Å²) in [6, 6.07) is 10.3. The zero-order valence-electron chi connectivity index (χ0n) is 17.1. The molecule has 0 fully saturated rings. The van der Waals surface area contributed by atoms with Gasteiger partial charge in [0.05, 0.1) is 28.9 Å². The molecule has 1 unspecified atom stereocenters. The summed E-state index contributed by atoms with van der Waals surface area (Å²) in [5.74, 6) is -1.49. The average Bonchev–Trinajstić information content (AvgIpc) is 3.39. The van der Waals surface area contributed by atoms with Crippen LogP contribution in [0.2, 0.25) is 5.02 Å². The Morgan fingerprint density at radius 1 is 1.16 bits per heavy atom. The Morgan fingerprint density at radius 2 is 1.91 bits per heavy atom. The molecule has 168 valence electrons. The zero-order chi connectivity index (χ0) is 23.0. The third-order valence-corrected chi connectivity index (χ3v) is 5.97. The van der Waals surface area contributed by atoms with Gasteiger partial charge in [-0.2, -0.15) is 18.3 Å².